The molecule has 3 rings (SSSR count). The van der Waals surface area contributed by atoms with E-state index in [4.69, 9.17) is 4.74 Å². The fourth-order valence-electron chi connectivity index (χ4n) is 2.44. The van der Waals surface area contributed by atoms with Crippen molar-refractivity contribution in [3.05, 3.63) is 0 Å². The number of nitrogens with one attached hydrogen (secondary N) is 2. The Labute approximate surface area is 142 Å². The monoisotopic (exact) mass is 357 g/mol. The smallest absolute Gasteiger partial charge is 0.324 e. The van der Waals surface area contributed by atoms with E-state index < -0.39 is 0 Å². The zero-order chi connectivity index (χ0) is 16.2. The molecule has 0 aliphatic carbocycles. The SMILES string of the molecule is C[C@@H](Sc1nnc(NC[C@H]2CCCO2)s1)C(=O)N1CCNC1=O. The van der Waals surface area contributed by atoms with E-state index in [0.717, 1.165) is 31.1 Å². The predicted molar refractivity (Wildman–Crippen MR) is 87.8 cm³/mol. The van der Waals surface area contributed by atoms with Crippen molar-refractivity contribution in [2.45, 2.75) is 35.5 Å². The first-order valence-electron chi connectivity index (χ1n) is 7.58. The lowest BCUT2D eigenvalue weighted by atomic mass is 10.2. The molecule has 1 aromatic heterocycles. The van der Waals surface area contributed by atoms with E-state index in [2.05, 4.69) is 20.8 Å². The van der Waals surface area contributed by atoms with E-state index in [1.165, 1.54) is 28.0 Å². The van der Waals surface area contributed by atoms with E-state index in [1.807, 2.05) is 0 Å². The van der Waals surface area contributed by atoms with Crippen molar-refractivity contribution in [1.82, 2.24) is 20.4 Å². The molecule has 10 heteroatoms. The Bertz CT molecular complexity index is 576. The fraction of sp³-hybridized carbons (Fsp3) is 0.692. The Morgan fingerprint density at radius 2 is 2.48 bits per heavy atom. The maximum absolute atomic E-state index is 12.2. The molecule has 0 aromatic carbocycles. The first-order valence-corrected chi connectivity index (χ1v) is 9.28. The summed E-state index contributed by atoms with van der Waals surface area (Å²) in [6.07, 6.45) is 2.41. The average Bonchev–Trinajstić information content (AvgIpc) is 3.26. The molecule has 3 heterocycles. The van der Waals surface area contributed by atoms with Gasteiger partial charge >= 0.3 is 6.03 Å². The number of ether oxygens (including phenoxy) is 1. The Hall–Kier alpha value is -1.39. The molecule has 2 aliphatic rings. The van der Waals surface area contributed by atoms with E-state index in [9.17, 15) is 9.59 Å². The summed E-state index contributed by atoms with van der Waals surface area (Å²) >= 11 is 2.73. The maximum atomic E-state index is 12.2. The van der Waals surface area contributed by atoms with Gasteiger partial charge in [-0.3, -0.25) is 9.69 Å². The lowest BCUT2D eigenvalue weighted by molar-refractivity contribution is -0.126. The van der Waals surface area contributed by atoms with Crippen LogP contribution in [0.3, 0.4) is 0 Å². The van der Waals surface area contributed by atoms with Crippen LogP contribution in [0.15, 0.2) is 4.34 Å². The highest BCUT2D eigenvalue weighted by atomic mass is 32.2. The molecule has 0 saturated carbocycles. The van der Waals surface area contributed by atoms with Crippen molar-refractivity contribution in [2.75, 3.05) is 31.6 Å². The summed E-state index contributed by atoms with van der Waals surface area (Å²) in [7, 11) is 0. The first-order chi connectivity index (χ1) is 11.1. The summed E-state index contributed by atoms with van der Waals surface area (Å²) in [5.41, 5.74) is 0. The normalized spacial score (nSPS) is 22.2. The summed E-state index contributed by atoms with van der Waals surface area (Å²) in [6, 6.07) is -0.321. The Balaban J connectivity index is 1.49. The Morgan fingerprint density at radius 3 is 3.17 bits per heavy atom. The summed E-state index contributed by atoms with van der Waals surface area (Å²) < 4.78 is 6.25. The molecular weight excluding hydrogens is 338 g/mol. The molecule has 0 unspecified atom stereocenters. The molecule has 3 amide bonds. The number of thioether (sulfide) groups is 1. The highest BCUT2D eigenvalue weighted by Gasteiger charge is 2.30. The number of imide groups is 1. The van der Waals surface area contributed by atoms with Crippen LogP contribution in [0.4, 0.5) is 9.93 Å². The molecule has 1 aromatic rings. The zero-order valence-corrected chi connectivity index (χ0v) is 14.4. The number of hydrogen-bond donors (Lipinski definition) is 2. The molecule has 8 nitrogen and oxygen atoms in total. The van der Waals surface area contributed by atoms with E-state index in [0.29, 0.717) is 17.4 Å². The number of urea groups is 1. The minimum absolute atomic E-state index is 0.200. The van der Waals surface area contributed by atoms with Crippen LogP contribution in [0.2, 0.25) is 0 Å². The molecule has 0 bridgehead atoms. The summed E-state index contributed by atoms with van der Waals surface area (Å²) in [5.74, 6) is -0.200. The topological polar surface area (TPSA) is 96.5 Å². The van der Waals surface area contributed by atoms with Gasteiger partial charge in [0.2, 0.25) is 11.0 Å². The number of carbonyl (C=O) groups excluding carboxylic acids is 2. The molecule has 126 valence electrons. The Kier molecular flexibility index (Phi) is 5.34. The van der Waals surface area contributed by atoms with Gasteiger partial charge in [-0.2, -0.15) is 0 Å². The number of anilines is 1. The number of amides is 3. The molecule has 23 heavy (non-hydrogen) atoms. The summed E-state index contributed by atoms with van der Waals surface area (Å²) in [5, 5.41) is 14.4. The third-order valence-corrected chi connectivity index (χ3v) is 5.71. The van der Waals surface area contributed by atoms with Gasteiger partial charge < -0.3 is 15.4 Å². The lowest BCUT2D eigenvalue weighted by Gasteiger charge is -2.16. The van der Waals surface area contributed by atoms with Crippen molar-refractivity contribution in [3.63, 3.8) is 0 Å². The van der Waals surface area contributed by atoms with Crippen LogP contribution >= 0.6 is 23.1 Å². The van der Waals surface area contributed by atoms with Crippen molar-refractivity contribution >= 4 is 40.2 Å². The first kappa shape index (κ1) is 16.5. The number of hydrogen-bond acceptors (Lipinski definition) is 8. The van der Waals surface area contributed by atoms with Gasteiger partial charge in [0.05, 0.1) is 11.4 Å². The van der Waals surface area contributed by atoms with Gasteiger partial charge in [-0.05, 0) is 19.8 Å². The van der Waals surface area contributed by atoms with Crippen LogP contribution in [0.1, 0.15) is 19.8 Å². The van der Waals surface area contributed by atoms with Gasteiger partial charge in [-0.15, -0.1) is 10.2 Å². The maximum Gasteiger partial charge on any atom is 0.324 e. The average molecular weight is 357 g/mol. The molecule has 2 atom stereocenters. The van der Waals surface area contributed by atoms with Crippen molar-refractivity contribution in [3.8, 4) is 0 Å². The number of carbonyl (C=O) groups is 2. The second-order valence-electron chi connectivity index (χ2n) is 5.37. The molecule has 2 N–H and O–H groups in total. The van der Waals surface area contributed by atoms with Gasteiger partial charge in [0.25, 0.3) is 0 Å². The number of nitrogens with zero attached hydrogens (tertiary/aromatic N) is 3. The van der Waals surface area contributed by atoms with Gasteiger partial charge in [-0.1, -0.05) is 23.1 Å². The molecule has 2 fully saturated rings. The second-order valence-corrected chi connectivity index (χ2v) is 7.94. The van der Waals surface area contributed by atoms with Crippen LogP contribution in [0.5, 0.6) is 0 Å². The lowest BCUT2D eigenvalue weighted by Crippen LogP contribution is -2.38. The fourth-order valence-corrected chi connectivity index (χ4v) is 4.40. The van der Waals surface area contributed by atoms with Crippen LogP contribution in [-0.2, 0) is 9.53 Å². The molecule has 2 saturated heterocycles. The van der Waals surface area contributed by atoms with Crippen LogP contribution in [-0.4, -0.2) is 64.6 Å². The van der Waals surface area contributed by atoms with Crippen LogP contribution < -0.4 is 10.6 Å². The third kappa shape index (κ3) is 4.12. The quantitative estimate of drug-likeness (QED) is 0.738. The highest BCUT2D eigenvalue weighted by molar-refractivity contribution is 8.02. The number of rotatable bonds is 6. The summed E-state index contributed by atoms with van der Waals surface area (Å²) in [6.45, 7) is 4.26. The summed E-state index contributed by atoms with van der Waals surface area (Å²) in [4.78, 5) is 25.0. The molecule has 0 radical (unpaired) electrons. The highest BCUT2D eigenvalue weighted by Crippen LogP contribution is 2.30. The minimum atomic E-state index is -0.377. The van der Waals surface area contributed by atoms with Gasteiger partial charge in [0, 0.05) is 26.2 Å². The third-order valence-electron chi connectivity index (χ3n) is 3.66. The van der Waals surface area contributed by atoms with E-state index in [-0.39, 0.29) is 23.3 Å². The van der Waals surface area contributed by atoms with Gasteiger partial charge in [0.15, 0.2) is 4.34 Å². The molecular formula is C13H19N5O3S2. The standard InChI is InChI=1S/C13H19N5O3S2/c1-8(10(19)18-5-4-14-12(18)20)22-13-17-16-11(23-13)15-7-9-3-2-6-21-9/h8-9H,2-7H2,1H3,(H,14,20)(H,15,16)/t8-,9-/m1/s1. The zero-order valence-electron chi connectivity index (χ0n) is 12.8. The van der Waals surface area contributed by atoms with Crippen molar-refractivity contribution < 1.29 is 14.3 Å². The second kappa shape index (κ2) is 7.45. The van der Waals surface area contributed by atoms with Crippen LogP contribution in [0.25, 0.3) is 0 Å². The Morgan fingerprint density at radius 1 is 1.61 bits per heavy atom. The van der Waals surface area contributed by atoms with E-state index >= 15 is 0 Å². The number of aromatic nitrogens is 2. The largest absolute Gasteiger partial charge is 0.376 e. The molecule has 2 aliphatic heterocycles. The van der Waals surface area contributed by atoms with Crippen molar-refractivity contribution in [1.29, 1.82) is 0 Å². The van der Waals surface area contributed by atoms with Gasteiger partial charge in [-0.25, -0.2) is 4.79 Å². The van der Waals surface area contributed by atoms with Gasteiger partial charge in [0.1, 0.15) is 0 Å². The predicted octanol–water partition coefficient (Wildman–Crippen LogP) is 1.16. The minimum Gasteiger partial charge on any atom is -0.376 e. The van der Waals surface area contributed by atoms with E-state index in [1.54, 1.807) is 6.92 Å². The van der Waals surface area contributed by atoms with Crippen LogP contribution in [0, 0.1) is 0 Å². The molecule has 0 spiro atoms. The van der Waals surface area contributed by atoms with Crippen molar-refractivity contribution in [2.24, 2.45) is 0 Å².